The average Bonchev–Trinajstić information content (AvgIpc) is 2.66. The van der Waals surface area contributed by atoms with Gasteiger partial charge in [-0.05, 0) is 46.3 Å². The molecule has 30 heavy (non-hydrogen) atoms. The summed E-state index contributed by atoms with van der Waals surface area (Å²) in [5, 5.41) is 21.8. The Balaban J connectivity index is 2.29. The zero-order valence-corrected chi connectivity index (χ0v) is 17.7. The number of non-ortho nitro benzene ring substituents is 1. The van der Waals surface area contributed by atoms with Crippen molar-refractivity contribution in [1.82, 2.24) is 0 Å². The molecule has 1 heterocycles. The van der Waals surface area contributed by atoms with E-state index in [2.05, 4.69) is 0 Å². The predicted octanol–water partition coefficient (Wildman–Crippen LogP) is 2.86. The van der Waals surface area contributed by atoms with Gasteiger partial charge in [0.25, 0.3) is 5.69 Å². The molecular formula is C21H27NO8. The Morgan fingerprint density at radius 2 is 2.00 bits per heavy atom. The number of carbonyl (C=O) groups excluding carboxylic acids is 2. The van der Waals surface area contributed by atoms with Gasteiger partial charge in [0.2, 0.25) is 0 Å². The summed E-state index contributed by atoms with van der Waals surface area (Å²) in [6, 6.07) is 5.39. The molecule has 0 amide bonds. The van der Waals surface area contributed by atoms with Crippen molar-refractivity contribution < 1.29 is 33.8 Å². The Morgan fingerprint density at radius 3 is 2.57 bits per heavy atom. The number of aliphatic hydroxyl groups is 1. The number of ketones is 1. The predicted molar refractivity (Wildman–Crippen MR) is 106 cm³/mol. The van der Waals surface area contributed by atoms with E-state index in [1.54, 1.807) is 34.6 Å². The first-order valence-electron chi connectivity index (χ1n) is 9.56. The van der Waals surface area contributed by atoms with Crippen molar-refractivity contribution in [2.24, 2.45) is 5.41 Å². The summed E-state index contributed by atoms with van der Waals surface area (Å²) in [6.07, 6.45) is -2.46. The highest BCUT2D eigenvalue weighted by molar-refractivity contribution is 6.00. The quantitative estimate of drug-likeness (QED) is 0.405. The number of nitro benzene ring substituents is 1. The smallest absolute Gasteiger partial charge is 0.311 e. The fourth-order valence-corrected chi connectivity index (χ4v) is 2.71. The topological polar surface area (TPSA) is 125 Å². The third kappa shape index (κ3) is 5.94. The lowest BCUT2D eigenvalue weighted by molar-refractivity contribution is -0.385. The zero-order valence-electron chi connectivity index (χ0n) is 17.7. The van der Waals surface area contributed by atoms with E-state index >= 15 is 0 Å². The van der Waals surface area contributed by atoms with Gasteiger partial charge in [-0.25, -0.2) is 0 Å². The molecule has 0 spiro atoms. The van der Waals surface area contributed by atoms with E-state index < -0.39 is 40.6 Å². The van der Waals surface area contributed by atoms with Crippen LogP contribution >= 0.6 is 0 Å². The molecule has 1 aliphatic rings. The van der Waals surface area contributed by atoms with E-state index in [1.807, 2.05) is 0 Å². The van der Waals surface area contributed by atoms with Crippen LogP contribution in [0.15, 0.2) is 35.9 Å². The summed E-state index contributed by atoms with van der Waals surface area (Å²) < 4.78 is 16.4. The summed E-state index contributed by atoms with van der Waals surface area (Å²) >= 11 is 0. The first kappa shape index (κ1) is 23.7. The minimum atomic E-state index is -1.43. The number of rotatable bonds is 7. The molecule has 1 aromatic carbocycles. The van der Waals surface area contributed by atoms with Crippen LogP contribution in [0.3, 0.4) is 0 Å². The van der Waals surface area contributed by atoms with Gasteiger partial charge in [0.15, 0.2) is 18.2 Å². The van der Waals surface area contributed by atoms with Crippen molar-refractivity contribution >= 4 is 17.4 Å². The van der Waals surface area contributed by atoms with E-state index in [4.69, 9.17) is 14.2 Å². The van der Waals surface area contributed by atoms with Gasteiger partial charge in [-0.2, -0.15) is 0 Å². The number of hydrogen-bond acceptors (Lipinski definition) is 8. The highest BCUT2D eigenvalue weighted by atomic mass is 16.7. The van der Waals surface area contributed by atoms with E-state index in [-0.39, 0.29) is 29.5 Å². The molecule has 1 aliphatic heterocycles. The molecule has 0 fully saturated rings. The molecule has 0 radical (unpaired) electrons. The molecular weight excluding hydrogens is 394 g/mol. The van der Waals surface area contributed by atoms with Crippen LogP contribution in [-0.4, -0.2) is 46.9 Å². The maximum atomic E-state index is 12.9. The lowest BCUT2D eigenvalue weighted by Gasteiger charge is -2.31. The van der Waals surface area contributed by atoms with Crippen LogP contribution in [0.1, 0.15) is 46.3 Å². The first-order valence-corrected chi connectivity index (χ1v) is 9.56. The van der Waals surface area contributed by atoms with Crippen molar-refractivity contribution in [3.63, 3.8) is 0 Å². The number of nitro groups is 1. The van der Waals surface area contributed by atoms with Crippen molar-refractivity contribution in [3.05, 3.63) is 51.6 Å². The summed E-state index contributed by atoms with van der Waals surface area (Å²) in [6.45, 7) is 8.26. The number of benzene rings is 1. The van der Waals surface area contributed by atoms with Gasteiger partial charge in [-0.1, -0.05) is 12.1 Å². The van der Waals surface area contributed by atoms with Gasteiger partial charge in [0.05, 0.1) is 16.4 Å². The Kier molecular flexibility index (Phi) is 7.46. The van der Waals surface area contributed by atoms with Gasteiger partial charge in [-0.15, -0.1) is 0 Å². The number of hydrogen-bond donors (Lipinski definition) is 1. The number of ether oxygens (including phenoxy) is 3. The van der Waals surface area contributed by atoms with Crippen LogP contribution in [0.2, 0.25) is 0 Å². The molecule has 0 bridgehead atoms. The SMILES string of the molecule is CC(C)O[C@@H]1C=C([C@H](O)c2cccc([N+](=O)[O-])c2)C(=O)[C@@H](COC(=O)C(C)(C)C)O1. The average molecular weight is 421 g/mol. The van der Waals surface area contributed by atoms with Crippen LogP contribution < -0.4 is 0 Å². The van der Waals surface area contributed by atoms with Gasteiger partial charge in [0, 0.05) is 17.7 Å². The van der Waals surface area contributed by atoms with Crippen LogP contribution in [-0.2, 0) is 23.8 Å². The molecule has 3 atom stereocenters. The van der Waals surface area contributed by atoms with Crippen molar-refractivity contribution in [2.45, 2.75) is 59.2 Å². The standard InChI is InChI=1S/C21H27NO8/c1-12(2)29-17-10-15(18(23)13-7-6-8-14(9-13)22(26)27)19(24)16(30-17)11-28-20(25)21(3,4)5/h6-10,12,16-18,23H,11H2,1-5H3/t16-,17+,18-/m1/s1. The molecule has 1 aromatic rings. The second-order valence-electron chi connectivity index (χ2n) is 8.27. The van der Waals surface area contributed by atoms with Crippen LogP contribution in [0, 0.1) is 15.5 Å². The number of esters is 1. The number of nitrogens with zero attached hydrogens (tertiary/aromatic N) is 1. The maximum absolute atomic E-state index is 12.9. The maximum Gasteiger partial charge on any atom is 0.311 e. The van der Waals surface area contributed by atoms with Gasteiger partial charge >= 0.3 is 5.97 Å². The Bertz CT molecular complexity index is 840. The number of carbonyl (C=O) groups is 2. The fourth-order valence-electron chi connectivity index (χ4n) is 2.71. The third-order valence-electron chi connectivity index (χ3n) is 4.27. The second-order valence-corrected chi connectivity index (χ2v) is 8.27. The molecule has 1 N–H and O–H groups in total. The van der Waals surface area contributed by atoms with Crippen molar-refractivity contribution in [3.8, 4) is 0 Å². The second kappa shape index (κ2) is 9.46. The molecule has 0 unspecified atom stereocenters. The molecule has 0 aliphatic carbocycles. The first-order chi connectivity index (χ1) is 13.9. The normalized spacial score (nSPS) is 20.6. The van der Waals surface area contributed by atoms with E-state index in [1.165, 1.54) is 30.3 Å². The van der Waals surface area contributed by atoms with Crippen LogP contribution in [0.4, 0.5) is 5.69 Å². The lowest BCUT2D eigenvalue weighted by atomic mass is 9.93. The Hall–Kier alpha value is -2.62. The fraction of sp³-hybridized carbons (Fsp3) is 0.524. The highest BCUT2D eigenvalue weighted by Crippen LogP contribution is 2.31. The van der Waals surface area contributed by atoms with Crippen molar-refractivity contribution in [1.29, 1.82) is 0 Å². The summed E-state index contributed by atoms with van der Waals surface area (Å²) in [7, 11) is 0. The van der Waals surface area contributed by atoms with Gasteiger partial charge < -0.3 is 19.3 Å². The number of aliphatic hydroxyl groups excluding tert-OH is 1. The summed E-state index contributed by atoms with van der Waals surface area (Å²) in [5.41, 5.74) is -0.826. The molecule has 9 heteroatoms. The largest absolute Gasteiger partial charge is 0.462 e. The Morgan fingerprint density at radius 1 is 1.33 bits per heavy atom. The summed E-state index contributed by atoms with van der Waals surface area (Å²) in [5.74, 6) is -1.09. The third-order valence-corrected chi connectivity index (χ3v) is 4.27. The van der Waals surface area contributed by atoms with E-state index in [0.717, 1.165) is 0 Å². The Labute approximate surface area is 174 Å². The molecule has 0 saturated carbocycles. The molecule has 9 nitrogen and oxygen atoms in total. The van der Waals surface area contributed by atoms with Gasteiger partial charge in [0.1, 0.15) is 12.7 Å². The molecule has 2 rings (SSSR count). The van der Waals surface area contributed by atoms with E-state index in [0.29, 0.717) is 0 Å². The highest BCUT2D eigenvalue weighted by Gasteiger charge is 2.37. The lowest BCUT2D eigenvalue weighted by Crippen LogP contribution is -2.42. The van der Waals surface area contributed by atoms with Crippen molar-refractivity contribution in [2.75, 3.05) is 6.61 Å². The molecule has 0 aromatic heterocycles. The molecule has 0 saturated heterocycles. The zero-order chi connectivity index (χ0) is 22.6. The minimum Gasteiger partial charge on any atom is -0.462 e. The monoisotopic (exact) mass is 421 g/mol. The van der Waals surface area contributed by atoms with Crippen LogP contribution in [0.25, 0.3) is 0 Å². The minimum absolute atomic E-state index is 0.0378. The number of Topliss-reactive ketones (excluding diaryl/α,β-unsaturated/α-hetero) is 1. The van der Waals surface area contributed by atoms with Gasteiger partial charge in [-0.3, -0.25) is 19.7 Å². The van der Waals surface area contributed by atoms with E-state index in [9.17, 15) is 24.8 Å². The van der Waals surface area contributed by atoms with Crippen LogP contribution in [0.5, 0.6) is 0 Å². The molecule has 164 valence electrons. The summed E-state index contributed by atoms with van der Waals surface area (Å²) in [4.78, 5) is 35.4.